The highest BCUT2D eigenvalue weighted by molar-refractivity contribution is 4.89. The van der Waals surface area contributed by atoms with E-state index in [1.807, 2.05) is 0 Å². The topological polar surface area (TPSA) is 97.6 Å². The summed E-state index contributed by atoms with van der Waals surface area (Å²) in [6.07, 6.45) is -3.00. The average molecular weight is 208 g/mol. The zero-order valence-electron chi connectivity index (χ0n) is 7.28. The van der Waals surface area contributed by atoms with Gasteiger partial charge in [-0.3, -0.25) is 4.74 Å². The molecule has 3 N–H and O–H groups in total. The Labute approximate surface area is 79.8 Å². The minimum atomic E-state index is -1.35. The molecule has 0 radical (unpaired) electrons. The zero-order chi connectivity index (χ0) is 10.1. The molecule has 5 unspecified atom stereocenters. The van der Waals surface area contributed by atoms with E-state index in [2.05, 4.69) is 4.74 Å². The van der Waals surface area contributed by atoms with Crippen molar-refractivity contribution in [3.05, 3.63) is 0 Å². The summed E-state index contributed by atoms with van der Waals surface area (Å²) in [5.41, 5.74) is 0. The van der Waals surface area contributed by atoms with Crippen LogP contribution in [0, 0.1) is 0 Å². The molecule has 0 bridgehead atoms. The van der Waals surface area contributed by atoms with Crippen LogP contribution in [0.15, 0.2) is 0 Å². The van der Waals surface area contributed by atoms with Gasteiger partial charge in [-0.05, 0) is 0 Å². The second-order valence-electron chi connectivity index (χ2n) is 3.08. The maximum atomic E-state index is 9.60. The first-order chi connectivity index (χ1) is 6.72. The monoisotopic (exact) mass is 208 g/mol. The number of aliphatic hydroxyl groups is 3. The molecular formula is C7H12O7. The summed E-state index contributed by atoms with van der Waals surface area (Å²) in [6.45, 7) is -1.74. The lowest BCUT2D eigenvalue weighted by molar-refractivity contribution is -0.258. The van der Waals surface area contributed by atoms with E-state index < -0.39 is 37.9 Å². The van der Waals surface area contributed by atoms with E-state index in [0.717, 1.165) is 0 Å². The summed E-state index contributed by atoms with van der Waals surface area (Å²) in [6, 6.07) is 0. The summed E-state index contributed by atoms with van der Waals surface area (Å²) in [5, 5.41) is 26.9. The third-order valence-electron chi connectivity index (χ3n) is 2.19. The van der Waals surface area contributed by atoms with Crippen LogP contribution >= 0.6 is 0 Å². The molecule has 0 aromatic rings. The van der Waals surface area contributed by atoms with Crippen LogP contribution in [0.2, 0.25) is 0 Å². The van der Waals surface area contributed by atoms with Crippen LogP contribution in [0.5, 0.6) is 0 Å². The Morgan fingerprint density at radius 1 is 1.14 bits per heavy atom. The minimum absolute atomic E-state index is 0.0491. The largest absolute Gasteiger partial charge is 0.387 e. The standard InChI is InChI=1S/C7H12O7/c8-2-11-1-3-4(9)5-6(12-3)14-7(10)13-5/h3-10H,1-2H2. The van der Waals surface area contributed by atoms with Gasteiger partial charge in [-0.1, -0.05) is 0 Å². The Balaban J connectivity index is 1.88. The van der Waals surface area contributed by atoms with Crippen LogP contribution in [-0.4, -0.2) is 59.8 Å². The third kappa shape index (κ3) is 1.75. The molecule has 82 valence electrons. The van der Waals surface area contributed by atoms with Gasteiger partial charge in [0.2, 0.25) is 0 Å². The molecule has 0 aromatic carbocycles. The molecule has 2 saturated heterocycles. The van der Waals surface area contributed by atoms with Gasteiger partial charge in [0, 0.05) is 0 Å². The normalized spacial score (nSPS) is 46.9. The van der Waals surface area contributed by atoms with Crippen LogP contribution in [0.3, 0.4) is 0 Å². The summed E-state index contributed by atoms with van der Waals surface area (Å²) in [4.78, 5) is 0. The van der Waals surface area contributed by atoms with Crippen molar-refractivity contribution in [2.75, 3.05) is 13.4 Å². The Morgan fingerprint density at radius 3 is 2.57 bits per heavy atom. The summed E-state index contributed by atoms with van der Waals surface area (Å²) in [5.74, 6) is 0. The maximum Gasteiger partial charge on any atom is 0.271 e. The van der Waals surface area contributed by atoms with Crippen molar-refractivity contribution < 1.29 is 34.3 Å². The molecule has 2 aliphatic heterocycles. The van der Waals surface area contributed by atoms with E-state index in [-0.39, 0.29) is 6.61 Å². The number of rotatable bonds is 3. The fourth-order valence-electron chi connectivity index (χ4n) is 1.54. The smallest absolute Gasteiger partial charge is 0.271 e. The molecule has 2 rings (SSSR count). The lowest BCUT2D eigenvalue weighted by Gasteiger charge is -2.16. The van der Waals surface area contributed by atoms with Gasteiger partial charge in [0.15, 0.2) is 6.29 Å². The number of aliphatic hydroxyl groups excluding tert-OH is 3. The van der Waals surface area contributed by atoms with Crippen molar-refractivity contribution in [3.8, 4) is 0 Å². The second kappa shape index (κ2) is 4.07. The van der Waals surface area contributed by atoms with Gasteiger partial charge in [-0.25, -0.2) is 0 Å². The molecule has 7 heteroatoms. The quantitative estimate of drug-likeness (QED) is 0.450. The van der Waals surface area contributed by atoms with E-state index in [1.165, 1.54) is 0 Å². The number of hydrogen-bond acceptors (Lipinski definition) is 7. The lowest BCUT2D eigenvalue weighted by Crippen LogP contribution is -2.35. The van der Waals surface area contributed by atoms with Crippen LogP contribution in [0.4, 0.5) is 0 Å². The minimum Gasteiger partial charge on any atom is -0.387 e. The van der Waals surface area contributed by atoms with Gasteiger partial charge >= 0.3 is 0 Å². The first-order valence-electron chi connectivity index (χ1n) is 4.23. The van der Waals surface area contributed by atoms with E-state index in [9.17, 15) is 5.11 Å². The molecule has 7 nitrogen and oxygen atoms in total. The van der Waals surface area contributed by atoms with Crippen LogP contribution in [0.25, 0.3) is 0 Å². The fraction of sp³-hybridized carbons (Fsp3) is 1.00. The predicted octanol–water partition coefficient (Wildman–Crippen LogP) is -2.27. The molecule has 5 atom stereocenters. The third-order valence-corrected chi connectivity index (χ3v) is 2.19. The van der Waals surface area contributed by atoms with Crippen molar-refractivity contribution in [2.24, 2.45) is 0 Å². The summed E-state index contributed by atoms with van der Waals surface area (Å²) >= 11 is 0. The van der Waals surface area contributed by atoms with Gasteiger partial charge in [-0.2, -0.15) is 0 Å². The van der Waals surface area contributed by atoms with Gasteiger partial charge < -0.3 is 29.5 Å². The Kier molecular flexibility index (Phi) is 2.98. The van der Waals surface area contributed by atoms with Gasteiger partial charge in [0.05, 0.1) is 6.61 Å². The number of fused-ring (bicyclic) bond motifs is 1. The second-order valence-corrected chi connectivity index (χ2v) is 3.08. The lowest BCUT2D eigenvalue weighted by atomic mass is 10.1. The predicted molar refractivity (Wildman–Crippen MR) is 39.7 cm³/mol. The molecule has 0 saturated carbocycles. The van der Waals surface area contributed by atoms with Crippen molar-refractivity contribution in [3.63, 3.8) is 0 Å². The SMILES string of the molecule is OCOCC1OC2OC(O)OC2C1O. The molecule has 0 amide bonds. The molecule has 0 aromatic heterocycles. The Hall–Kier alpha value is -0.280. The Bertz CT molecular complexity index is 198. The number of ether oxygens (including phenoxy) is 4. The number of hydrogen-bond donors (Lipinski definition) is 3. The Morgan fingerprint density at radius 2 is 1.93 bits per heavy atom. The van der Waals surface area contributed by atoms with Crippen LogP contribution < -0.4 is 0 Å². The summed E-state index contributed by atoms with van der Waals surface area (Å²) < 4.78 is 19.5. The van der Waals surface area contributed by atoms with E-state index >= 15 is 0 Å². The van der Waals surface area contributed by atoms with E-state index in [4.69, 9.17) is 24.4 Å². The highest BCUT2D eigenvalue weighted by atomic mass is 16.9. The van der Waals surface area contributed by atoms with E-state index in [0.29, 0.717) is 0 Å². The van der Waals surface area contributed by atoms with Gasteiger partial charge in [0.1, 0.15) is 25.1 Å². The van der Waals surface area contributed by atoms with Crippen molar-refractivity contribution in [1.29, 1.82) is 0 Å². The zero-order valence-corrected chi connectivity index (χ0v) is 7.28. The highest BCUT2D eigenvalue weighted by Gasteiger charge is 2.51. The highest BCUT2D eigenvalue weighted by Crippen LogP contribution is 2.31. The molecular weight excluding hydrogens is 196 g/mol. The van der Waals surface area contributed by atoms with Crippen LogP contribution in [0.1, 0.15) is 0 Å². The molecule has 0 spiro atoms. The van der Waals surface area contributed by atoms with Gasteiger partial charge in [0.25, 0.3) is 6.48 Å². The molecule has 0 aliphatic carbocycles. The average Bonchev–Trinajstić information content (AvgIpc) is 2.63. The first kappa shape index (κ1) is 10.2. The van der Waals surface area contributed by atoms with E-state index in [1.54, 1.807) is 0 Å². The molecule has 2 fully saturated rings. The van der Waals surface area contributed by atoms with Crippen LogP contribution in [-0.2, 0) is 18.9 Å². The first-order valence-corrected chi connectivity index (χ1v) is 4.23. The molecule has 2 aliphatic rings. The fourth-order valence-corrected chi connectivity index (χ4v) is 1.54. The van der Waals surface area contributed by atoms with Crippen molar-refractivity contribution in [2.45, 2.75) is 31.1 Å². The summed E-state index contributed by atoms with van der Waals surface area (Å²) in [7, 11) is 0. The van der Waals surface area contributed by atoms with Gasteiger partial charge in [-0.15, -0.1) is 0 Å². The maximum absolute atomic E-state index is 9.60. The van der Waals surface area contributed by atoms with Crippen molar-refractivity contribution in [1.82, 2.24) is 0 Å². The molecule has 14 heavy (non-hydrogen) atoms. The van der Waals surface area contributed by atoms with Crippen molar-refractivity contribution >= 4 is 0 Å². The molecule has 2 heterocycles.